The summed E-state index contributed by atoms with van der Waals surface area (Å²) in [6.07, 6.45) is 1.44. The van der Waals surface area contributed by atoms with E-state index in [1.807, 2.05) is 6.07 Å². The van der Waals surface area contributed by atoms with Crippen LogP contribution in [-0.4, -0.2) is 17.1 Å². The van der Waals surface area contributed by atoms with Gasteiger partial charge in [-0.15, -0.1) is 0 Å². The molecule has 0 saturated carbocycles. The molecule has 1 aromatic carbocycles. The van der Waals surface area contributed by atoms with E-state index in [1.165, 1.54) is 6.20 Å². The lowest BCUT2D eigenvalue weighted by molar-refractivity contribution is 0.413. The molecule has 0 fully saturated rings. The van der Waals surface area contributed by atoms with Crippen molar-refractivity contribution in [1.82, 2.24) is 9.97 Å². The molecule has 0 amide bonds. The third kappa shape index (κ3) is 3.28. The van der Waals surface area contributed by atoms with Gasteiger partial charge in [0.25, 0.3) is 0 Å². The highest BCUT2D eigenvalue weighted by molar-refractivity contribution is 7.81. The third-order valence-corrected chi connectivity index (χ3v) is 3.34. The minimum atomic E-state index is 0.0985. The zero-order chi connectivity index (χ0) is 16.3. The van der Waals surface area contributed by atoms with E-state index < -0.39 is 0 Å². The second-order valence-electron chi connectivity index (χ2n) is 4.94. The number of benzene rings is 1. The van der Waals surface area contributed by atoms with E-state index in [-0.39, 0.29) is 17.7 Å². The lowest BCUT2D eigenvalue weighted by Crippen LogP contribution is -2.03. The van der Waals surface area contributed by atoms with Crippen molar-refractivity contribution in [1.29, 1.82) is 0 Å². The lowest BCUT2D eigenvalue weighted by Gasteiger charge is -2.18. The van der Waals surface area contributed by atoms with Crippen LogP contribution in [0.4, 0.5) is 17.5 Å². The Hall–Kier alpha value is -2.35. The van der Waals surface area contributed by atoms with Crippen LogP contribution in [0.25, 0.3) is 0 Å². The van der Waals surface area contributed by atoms with Crippen molar-refractivity contribution < 1.29 is 9.47 Å². The molecule has 0 aliphatic rings. The standard InChI is InChI=1S/C14H19N5O2S/c1-7(2)8-4-11(20-3)9(19-22)5-10(8)21-12-6-17-14(16)18-13(12)15/h4-7,19,22H,1-3H3,(H4,15,16,17,18). The van der Waals surface area contributed by atoms with E-state index in [0.29, 0.717) is 22.9 Å². The maximum atomic E-state index is 5.86. The Kier molecular flexibility index (Phi) is 4.81. The van der Waals surface area contributed by atoms with Gasteiger partial charge in [0.2, 0.25) is 5.95 Å². The topological polar surface area (TPSA) is 108 Å². The summed E-state index contributed by atoms with van der Waals surface area (Å²) >= 11 is 4.08. The van der Waals surface area contributed by atoms with Gasteiger partial charge in [0.1, 0.15) is 11.5 Å². The van der Waals surface area contributed by atoms with Gasteiger partial charge in [-0.1, -0.05) is 26.7 Å². The van der Waals surface area contributed by atoms with Crippen LogP contribution < -0.4 is 25.7 Å². The molecule has 0 saturated heterocycles. The Bertz CT molecular complexity index is 679. The highest BCUT2D eigenvalue weighted by atomic mass is 32.1. The Labute approximate surface area is 134 Å². The Morgan fingerprint density at radius 1 is 1.18 bits per heavy atom. The number of hydrogen-bond donors (Lipinski definition) is 4. The monoisotopic (exact) mass is 321 g/mol. The molecule has 118 valence electrons. The number of rotatable bonds is 5. The fourth-order valence-electron chi connectivity index (χ4n) is 1.97. The van der Waals surface area contributed by atoms with Crippen LogP contribution in [0.15, 0.2) is 18.3 Å². The van der Waals surface area contributed by atoms with E-state index in [2.05, 4.69) is 41.4 Å². The molecule has 2 rings (SSSR count). The molecular weight excluding hydrogens is 302 g/mol. The van der Waals surface area contributed by atoms with Crippen LogP contribution in [0.2, 0.25) is 0 Å². The highest BCUT2D eigenvalue weighted by Gasteiger charge is 2.16. The van der Waals surface area contributed by atoms with Crippen molar-refractivity contribution in [3.8, 4) is 17.2 Å². The van der Waals surface area contributed by atoms with E-state index in [9.17, 15) is 0 Å². The lowest BCUT2D eigenvalue weighted by atomic mass is 10.0. The number of anilines is 3. The summed E-state index contributed by atoms with van der Waals surface area (Å²) in [4.78, 5) is 7.78. The molecule has 0 bridgehead atoms. The van der Waals surface area contributed by atoms with E-state index >= 15 is 0 Å². The molecule has 0 atom stereocenters. The molecular formula is C14H19N5O2S. The normalized spacial score (nSPS) is 10.6. The first-order chi connectivity index (χ1) is 10.5. The Balaban J connectivity index is 2.48. The molecule has 5 N–H and O–H groups in total. The summed E-state index contributed by atoms with van der Waals surface area (Å²) in [6.45, 7) is 4.11. The third-order valence-electron chi connectivity index (χ3n) is 3.10. The number of aromatic nitrogens is 2. The Morgan fingerprint density at radius 2 is 1.91 bits per heavy atom. The summed E-state index contributed by atoms with van der Waals surface area (Å²) in [7, 11) is 1.60. The molecule has 0 aliphatic carbocycles. The summed E-state index contributed by atoms with van der Waals surface area (Å²) < 4.78 is 14.0. The van der Waals surface area contributed by atoms with Gasteiger partial charge < -0.3 is 25.7 Å². The van der Waals surface area contributed by atoms with Crippen molar-refractivity contribution in [3.05, 3.63) is 23.9 Å². The fourth-order valence-corrected chi connectivity index (χ4v) is 2.14. The molecule has 8 heteroatoms. The minimum Gasteiger partial charge on any atom is -0.495 e. The average molecular weight is 321 g/mol. The quantitative estimate of drug-likeness (QED) is 0.627. The van der Waals surface area contributed by atoms with Gasteiger partial charge in [0.05, 0.1) is 19.0 Å². The summed E-state index contributed by atoms with van der Waals surface area (Å²) in [5.74, 6) is 2.12. The Morgan fingerprint density at radius 3 is 2.45 bits per heavy atom. The van der Waals surface area contributed by atoms with Crippen molar-refractivity contribution in [2.75, 3.05) is 23.3 Å². The number of thiol groups is 1. The van der Waals surface area contributed by atoms with Crippen LogP contribution in [0.1, 0.15) is 25.3 Å². The van der Waals surface area contributed by atoms with Gasteiger partial charge in [-0.05, 0) is 12.0 Å². The van der Waals surface area contributed by atoms with Crippen molar-refractivity contribution in [2.24, 2.45) is 0 Å². The molecule has 0 radical (unpaired) electrons. The number of nitrogens with zero attached hydrogens (tertiary/aromatic N) is 2. The van der Waals surface area contributed by atoms with Crippen LogP contribution in [0.5, 0.6) is 17.2 Å². The first-order valence-corrected chi connectivity index (χ1v) is 7.08. The molecule has 22 heavy (non-hydrogen) atoms. The maximum absolute atomic E-state index is 5.86. The molecule has 0 spiro atoms. The zero-order valence-corrected chi connectivity index (χ0v) is 13.5. The number of nitrogens with one attached hydrogen (secondary N) is 1. The first-order valence-electron chi connectivity index (χ1n) is 6.64. The smallest absolute Gasteiger partial charge is 0.222 e. The number of nitrogens with two attached hydrogens (primary N) is 2. The number of nitrogen functional groups attached to an aromatic ring is 2. The molecule has 1 aromatic heterocycles. The second-order valence-corrected chi connectivity index (χ2v) is 5.16. The van der Waals surface area contributed by atoms with Crippen LogP contribution >= 0.6 is 12.8 Å². The molecule has 7 nitrogen and oxygen atoms in total. The van der Waals surface area contributed by atoms with Gasteiger partial charge in [0, 0.05) is 11.6 Å². The average Bonchev–Trinajstić information content (AvgIpc) is 2.49. The molecule has 2 aromatic rings. The van der Waals surface area contributed by atoms with Gasteiger partial charge in [-0.25, -0.2) is 4.98 Å². The number of hydrogen-bond acceptors (Lipinski definition) is 8. The van der Waals surface area contributed by atoms with Crippen molar-refractivity contribution in [2.45, 2.75) is 19.8 Å². The van der Waals surface area contributed by atoms with Crippen molar-refractivity contribution >= 4 is 30.3 Å². The SMILES string of the molecule is COc1cc(C(C)C)c(Oc2cnc(N)nc2N)cc1NS. The summed E-state index contributed by atoms with van der Waals surface area (Å²) in [5.41, 5.74) is 12.9. The van der Waals surface area contributed by atoms with Gasteiger partial charge in [-0.2, -0.15) is 4.98 Å². The predicted octanol–water partition coefficient (Wildman–Crippen LogP) is 2.82. The maximum Gasteiger partial charge on any atom is 0.222 e. The van der Waals surface area contributed by atoms with E-state index in [0.717, 1.165) is 5.56 Å². The van der Waals surface area contributed by atoms with Gasteiger partial charge in [-0.3, -0.25) is 0 Å². The van der Waals surface area contributed by atoms with E-state index in [4.69, 9.17) is 20.9 Å². The molecule has 0 unspecified atom stereocenters. The highest BCUT2D eigenvalue weighted by Crippen LogP contribution is 2.39. The first kappa shape index (κ1) is 16.0. The summed E-state index contributed by atoms with van der Waals surface area (Å²) in [5, 5.41) is 0. The minimum absolute atomic E-state index is 0.0985. The van der Waals surface area contributed by atoms with Crippen LogP contribution in [0, 0.1) is 0 Å². The van der Waals surface area contributed by atoms with Gasteiger partial charge in [0.15, 0.2) is 11.6 Å². The largest absolute Gasteiger partial charge is 0.495 e. The van der Waals surface area contributed by atoms with Crippen LogP contribution in [-0.2, 0) is 0 Å². The molecule has 1 heterocycles. The molecule has 0 aliphatic heterocycles. The van der Waals surface area contributed by atoms with Gasteiger partial charge >= 0.3 is 0 Å². The fraction of sp³-hybridized carbons (Fsp3) is 0.286. The van der Waals surface area contributed by atoms with Crippen LogP contribution in [0.3, 0.4) is 0 Å². The van der Waals surface area contributed by atoms with E-state index in [1.54, 1.807) is 13.2 Å². The predicted molar refractivity (Wildman–Crippen MR) is 90.6 cm³/mol. The number of ether oxygens (including phenoxy) is 2. The second kappa shape index (κ2) is 6.61. The number of methoxy groups -OCH3 is 1. The van der Waals surface area contributed by atoms with Crippen molar-refractivity contribution in [3.63, 3.8) is 0 Å². The zero-order valence-electron chi connectivity index (χ0n) is 12.6. The summed E-state index contributed by atoms with van der Waals surface area (Å²) in [6, 6.07) is 3.68.